The monoisotopic (exact) mass is 540 g/mol. The van der Waals surface area contributed by atoms with Crippen molar-refractivity contribution < 1.29 is 38.7 Å². The van der Waals surface area contributed by atoms with Gasteiger partial charge in [-0.3, -0.25) is 19.3 Å². The van der Waals surface area contributed by atoms with E-state index >= 15 is 0 Å². The van der Waals surface area contributed by atoms with Crippen LogP contribution in [0, 0.1) is 5.41 Å². The molecule has 0 saturated carbocycles. The van der Waals surface area contributed by atoms with Crippen LogP contribution in [0.15, 0.2) is 27.0 Å². The Morgan fingerprint density at radius 3 is 2.67 bits per heavy atom. The first-order chi connectivity index (χ1) is 17.0. The van der Waals surface area contributed by atoms with Gasteiger partial charge in [-0.25, -0.2) is 9.78 Å². The summed E-state index contributed by atoms with van der Waals surface area (Å²) >= 11 is 2.30. The van der Waals surface area contributed by atoms with Gasteiger partial charge in [0.2, 0.25) is 6.79 Å². The highest BCUT2D eigenvalue weighted by molar-refractivity contribution is 8.00. The van der Waals surface area contributed by atoms with Crippen molar-refractivity contribution in [1.29, 1.82) is 0 Å². The molecule has 1 aromatic heterocycles. The number of carbonyl (C=O) groups excluding carboxylic acids is 4. The number of aromatic nitrogens is 1. The number of thioether (sulfide) groups is 1. The summed E-state index contributed by atoms with van der Waals surface area (Å²) in [7, 11) is 0. The van der Waals surface area contributed by atoms with Crippen LogP contribution in [0.4, 0.5) is 5.13 Å². The number of ether oxygens (including phenoxy) is 2. The number of anilines is 1. The summed E-state index contributed by atoms with van der Waals surface area (Å²) in [4.78, 5) is 60.5. The molecule has 2 atom stereocenters. The van der Waals surface area contributed by atoms with Crippen LogP contribution in [0.3, 0.4) is 0 Å². The Morgan fingerprint density at radius 1 is 1.36 bits per heavy atom. The fraction of sp³-hybridized carbons (Fsp3) is 0.450. The van der Waals surface area contributed by atoms with Crippen LogP contribution in [0.25, 0.3) is 0 Å². The summed E-state index contributed by atoms with van der Waals surface area (Å²) in [5.74, 6) is -2.72. The molecule has 0 aromatic carbocycles. The third kappa shape index (κ3) is 5.59. The Morgan fingerprint density at radius 2 is 2.08 bits per heavy atom. The Kier molecular flexibility index (Phi) is 8.19. The molecule has 36 heavy (non-hydrogen) atoms. The van der Waals surface area contributed by atoms with Gasteiger partial charge < -0.3 is 30.6 Å². The molecule has 0 spiro atoms. The third-order valence-electron chi connectivity index (χ3n) is 4.93. The fourth-order valence-corrected chi connectivity index (χ4v) is 5.02. The Labute approximate surface area is 213 Å². The number of β-lactam (4-membered cyclic amide) rings is 1. The fourth-order valence-electron chi connectivity index (χ4n) is 3.15. The molecule has 16 heteroatoms. The molecule has 1 saturated heterocycles. The molecule has 0 radical (unpaired) electrons. The van der Waals surface area contributed by atoms with Gasteiger partial charge in [0, 0.05) is 23.4 Å². The third-order valence-corrected chi connectivity index (χ3v) is 6.94. The topological polar surface area (TPSA) is 195 Å². The lowest BCUT2D eigenvalue weighted by Gasteiger charge is -2.49. The summed E-state index contributed by atoms with van der Waals surface area (Å²) in [6.45, 7) is 7.36. The standard InChI is InChI=1S/C20H24N6O8S2/c1-20(2,3)18(30)33-8-32-17(29)13-9(5-34-22-4)6-35-16-12(15(28)26(13)16)24-14(27)11(25-31)10-7-36-19(21)23-10/h7,12,16,31H,4-6,8H2,1-3H3,(H2,21,23)(H,24,27)/t12?,16-/m1/s1. The quantitative estimate of drug-likeness (QED) is 0.0972. The number of thiazole rings is 1. The maximum absolute atomic E-state index is 13.0. The van der Waals surface area contributed by atoms with Gasteiger partial charge >= 0.3 is 11.9 Å². The van der Waals surface area contributed by atoms with Crippen LogP contribution in [-0.4, -0.2) is 81.8 Å². The molecule has 2 aliphatic rings. The average Bonchev–Trinajstić information content (AvgIpc) is 3.25. The van der Waals surface area contributed by atoms with E-state index in [9.17, 15) is 24.4 Å². The molecule has 3 rings (SSSR count). The summed E-state index contributed by atoms with van der Waals surface area (Å²) in [5, 5.41) is 19.0. The molecule has 14 nitrogen and oxygen atoms in total. The number of nitrogens with two attached hydrogens (primary N) is 1. The number of nitrogens with zero attached hydrogens (tertiary/aromatic N) is 4. The highest BCUT2D eigenvalue weighted by Gasteiger charge is 2.55. The van der Waals surface area contributed by atoms with Gasteiger partial charge in [-0.05, 0) is 20.8 Å². The summed E-state index contributed by atoms with van der Waals surface area (Å²) in [6.07, 6.45) is 0. The number of carbonyl (C=O) groups is 4. The van der Waals surface area contributed by atoms with Gasteiger partial charge in [-0.2, -0.15) is 0 Å². The van der Waals surface area contributed by atoms with Crippen molar-refractivity contribution in [3.8, 4) is 0 Å². The summed E-state index contributed by atoms with van der Waals surface area (Å²) < 4.78 is 10.1. The molecule has 2 amide bonds. The number of fused-ring (bicyclic) bond motifs is 1. The minimum Gasteiger partial charge on any atom is -0.427 e. The normalized spacial score (nSPS) is 19.7. The average molecular weight is 541 g/mol. The zero-order chi connectivity index (χ0) is 26.6. The largest absolute Gasteiger partial charge is 0.427 e. The molecule has 194 valence electrons. The van der Waals surface area contributed by atoms with Crippen molar-refractivity contribution in [3.63, 3.8) is 0 Å². The van der Waals surface area contributed by atoms with E-state index in [4.69, 9.17) is 20.0 Å². The van der Waals surface area contributed by atoms with Crippen LogP contribution in [0.5, 0.6) is 0 Å². The number of nitrogen functional groups attached to an aromatic ring is 1. The van der Waals surface area contributed by atoms with Crippen LogP contribution in [0.1, 0.15) is 26.5 Å². The molecule has 3 heterocycles. The van der Waals surface area contributed by atoms with Crippen molar-refractivity contribution in [2.75, 3.05) is 24.9 Å². The first-order valence-corrected chi connectivity index (χ1v) is 12.3. The molecule has 2 aliphatic heterocycles. The Bertz CT molecular complexity index is 1140. The van der Waals surface area contributed by atoms with Crippen molar-refractivity contribution in [2.24, 2.45) is 15.7 Å². The van der Waals surface area contributed by atoms with Crippen LogP contribution in [0.2, 0.25) is 0 Å². The van der Waals surface area contributed by atoms with Crippen LogP contribution >= 0.6 is 23.1 Å². The number of hydrogen-bond acceptors (Lipinski definition) is 14. The van der Waals surface area contributed by atoms with E-state index in [0.29, 0.717) is 5.57 Å². The van der Waals surface area contributed by atoms with Gasteiger partial charge in [0.25, 0.3) is 11.8 Å². The first-order valence-electron chi connectivity index (χ1n) is 10.3. The first kappa shape index (κ1) is 26.9. The lowest BCUT2D eigenvalue weighted by molar-refractivity contribution is -0.173. The Balaban J connectivity index is 1.73. The van der Waals surface area contributed by atoms with Crippen molar-refractivity contribution >= 4 is 64.4 Å². The van der Waals surface area contributed by atoms with E-state index in [-0.39, 0.29) is 28.9 Å². The van der Waals surface area contributed by atoms with E-state index in [2.05, 4.69) is 27.3 Å². The van der Waals surface area contributed by atoms with E-state index in [1.165, 1.54) is 17.1 Å². The number of rotatable bonds is 9. The number of amides is 2. The Hall–Kier alpha value is -3.66. The van der Waals surface area contributed by atoms with E-state index in [1.54, 1.807) is 20.8 Å². The molecule has 1 unspecified atom stereocenters. The predicted molar refractivity (Wildman–Crippen MR) is 129 cm³/mol. The molecule has 1 fully saturated rings. The van der Waals surface area contributed by atoms with Gasteiger partial charge in [0.1, 0.15) is 29.4 Å². The lowest BCUT2D eigenvalue weighted by Crippen LogP contribution is -2.71. The second-order valence-electron chi connectivity index (χ2n) is 8.47. The van der Waals surface area contributed by atoms with Gasteiger partial charge in [-0.1, -0.05) is 5.16 Å². The number of hydrogen-bond donors (Lipinski definition) is 3. The minimum atomic E-state index is -1.03. The van der Waals surface area contributed by atoms with E-state index in [0.717, 1.165) is 16.2 Å². The number of nitrogens with one attached hydrogen (secondary N) is 1. The summed E-state index contributed by atoms with van der Waals surface area (Å²) in [6, 6.07) is -1.03. The maximum Gasteiger partial charge on any atom is 0.358 e. The molecule has 0 bridgehead atoms. The molecule has 1 aromatic rings. The van der Waals surface area contributed by atoms with Crippen molar-refractivity contribution in [2.45, 2.75) is 32.2 Å². The van der Waals surface area contributed by atoms with Crippen LogP contribution in [-0.2, 0) is 33.5 Å². The zero-order valence-electron chi connectivity index (χ0n) is 19.5. The zero-order valence-corrected chi connectivity index (χ0v) is 21.2. The van der Waals surface area contributed by atoms with Crippen LogP contribution < -0.4 is 11.1 Å². The highest BCUT2D eigenvalue weighted by Crippen LogP contribution is 2.40. The predicted octanol–water partition coefficient (Wildman–Crippen LogP) is 0.280. The number of esters is 2. The summed E-state index contributed by atoms with van der Waals surface area (Å²) in [5.41, 5.74) is 4.68. The van der Waals surface area contributed by atoms with Crippen molar-refractivity contribution in [3.05, 3.63) is 22.3 Å². The van der Waals surface area contributed by atoms with E-state index < -0.39 is 53.1 Å². The van der Waals surface area contributed by atoms with Gasteiger partial charge in [-0.15, -0.1) is 28.3 Å². The lowest BCUT2D eigenvalue weighted by atomic mass is 9.98. The smallest absolute Gasteiger partial charge is 0.358 e. The highest BCUT2D eigenvalue weighted by atomic mass is 32.2. The van der Waals surface area contributed by atoms with E-state index in [1.807, 2.05) is 0 Å². The molecular weight excluding hydrogens is 516 g/mol. The SMILES string of the molecule is C=NOCC1=C(C(=O)OCOC(=O)C(C)(C)C)N2C(=O)C(NC(=O)C(=NO)c3csc(N)n3)[C@H]2SC1. The van der Waals surface area contributed by atoms with Crippen molar-refractivity contribution in [1.82, 2.24) is 15.2 Å². The molecular formula is C20H24N6O8S2. The van der Waals surface area contributed by atoms with Gasteiger partial charge in [0.05, 0.1) is 5.41 Å². The second-order valence-corrected chi connectivity index (χ2v) is 10.5. The van der Waals surface area contributed by atoms with Gasteiger partial charge in [0.15, 0.2) is 10.8 Å². The molecule has 0 aliphatic carbocycles. The minimum absolute atomic E-state index is 0.0442. The maximum atomic E-state index is 13.0. The molecule has 4 N–H and O–H groups in total. The second kappa shape index (κ2) is 10.9. The number of oxime groups is 2.